The first-order valence-corrected chi connectivity index (χ1v) is 2.74. The van der Waals surface area contributed by atoms with Crippen molar-refractivity contribution in [1.29, 1.82) is 0 Å². The van der Waals surface area contributed by atoms with Gasteiger partial charge in [-0.1, -0.05) is 0 Å². The number of nitrogens with zero attached hydrogens (tertiary/aromatic N) is 1. The quantitative estimate of drug-likeness (QED) is 0.463. The molecule has 0 radical (unpaired) electrons. The van der Waals surface area contributed by atoms with E-state index in [0.29, 0.717) is 0 Å². The van der Waals surface area contributed by atoms with Crippen LogP contribution in [0.25, 0.3) is 0 Å². The topological polar surface area (TPSA) is 61.7 Å². The van der Waals surface area contributed by atoms with Gasteiger partial charge in [-0.15, -0.1) is 0 Å². The molecule has 0 spiro atoms. The van der Waals surface area contributed by atoms with E-state index in [1.165, 1.54) is 0 Å². The molecule has 4 nitrogen and oxygen atoms in total. The number of carboxylic acids is 1. The Kier molecular flexibility index (Phi) is 7.15. The number of hydrogen-bond acceptors (Lipinski definition) is 2. The first-order valence-electron chi connectivity index (χ1n) is 2.74. The van der Waals surface area contributed by atoms with Gasteiger partial charge in [0, 0.05) is 14.1 Å². The van der Waals surface area contributed by atoms with Crippen molar-refractivity contribution in [2.45, 2.75) is 6.18 Å². The Morgan fingerprint density at radius 1 is 1.58 bits per heavy atom. The Morgan fingerprint density at radius 2 is 1.92 bits per heavy atom. The van der Waals surface area contributed by atoms with Gasteiger partial charge >= 0.3 is 12.1 Å². The predicted octanol–water partition coefficient (Wildman–Crippen LogP) is 0.497. The summed E-state index contributed by atoms with van der Waals surface area (Å²) in [6.07, 6.45) is -3.46. The number of aliphatic imine (C=N–C) groups is 1. The van der Waals surface area contributed by atoms with Gasteiger partial charge in [-0.05, 0) is 0 Å². The van der Waals surface area contributed by atoms with Crippen molar-refractivity contribution in [1.82, 2.24) is 5.32 Å². The van der Waals surface area contributed by atoms with E-state index in [4.69, 9.17) is 9.90 Å². The molecule has 0 aromatic rings. The first kappa shape index (κ1) is 13.3. The molecule has 0 saturated heterocycles. The lowest BCUT2D eigenvalue weighted by Gasteiger charge is -1.93. The van der Waals surface area contributed by atoms with E-state index in [1.807, 2.05) is 7.05 Å². The van der Waals surface area contributed by atoms with Gasteiger partial charge in [0.05, 0.1) is 6.34 Å². The third-order valence-corrected chi connectivity index (χ3v) is 0.501. The van der Waals surface area contributed by atoms with Crippen molar-refractivity contribution in [2.24, 2.45) is 4.99 Å². The number of carbonyl (C=O) groups is 1. The number of rotatable bonds is 1. The Bertz CT molecular complexity index is 155. The SMILES string of the molecule is CN=CNC.O=C(O)C(F)(F)F. The van der Waals surface area contributed by atoms with Crippen LogP contribution < -0.4 is 5.32 Å². The molecule has 0 bridgehead atoms. The zero-order chi connectivity index (χ0) is 10.2. The summed E-state index contributed by atoms with van der Waals surface area (Å²) >= 11 is 0. The molecule has 0 fully saturated rings. The van der Waals surface area contributed by atoms with Crippen LogP contribution >= 0.6 is 0 Å². The number of aliphatic carboxylic acids is 1. The Labute approximate surface area is 67.1 Å². The smallest absolute Gasteiger partial charge is 0.475 e. The Morgan fingerprint density at radius 3 is 1.92 bits per heavy atom. The number of hydrogen-bond donors (Lipinski definition) is 2. The second kappa shape index (κ2) is 6.44. The number of alkyl halides is 3. The number of carboxylic acid groups (broad SMARTS) is 1. The molecular weight excluding hydrogens is 177 g/mol. The third-order valence-electron chi connectivity index (χ3n) is 0.501. The largest absolute Gasteiger partial charge is 0.490 e. The molecule has 0 aromatic heterocycles. The highest BCUT2D eigenvalue weighted by molar-refractivity contribution is 5.73. The maximum atomic E-state index is 10.6. The van der Waals surface area contributed by atoms with E-state index < -0.39 is 12.1 Å². The second-order valence-corrected chi connectivity index (χ2v) is 1.48. The number of halogens is 3. The highest BCUT2D eigenvalue weighted by atomic mass is 19.4. The van der Waals surface area contributed by atoms with Gasteiger partial charge in [0.25, 0.3) is 0 Å². The molecular formula is C5H9F3N2O2. The van der Waals surface area contributed by atoms with Gasteiger partial charge in [-0.3, -0.25) is 4.99 Å². The fourth-order valence-electron chi connectivity index (χ4n) is 0.129. The lowest BCUT2D eigenvalue weighted by atomic mass is 10.7. The van der Waals surface area contributed by atoms with Crippen molar-refractivity contribution < 1.29 is 23.1 Å². The van der Waals surface area contributed by atoms with Crippen LogP contribution in [0.4, 0.5) is 13.2 Å². The van der Waals surface area contributed by atoms with Gasteiger partial charge in [0.1, 0.15) is 0 Å². The van der Waals surface area contributed by atoms with Gasteiger partial charge in [-0.25, -0.2) is 4.79 Å². The molecule has 0 heterocycles. The minimum Gasteiger partial charge on any atom is -0.475 e. The molecule has 0 atom stereocenters. The molecule has 72 valence electrons. The van der Waals surface area contributed by atoms with Crippen molar-refractivity contribution in [3.05, 3.63) is 0 Å². The van der Waals surface area contributed by atoms with Crippen molar-refractivity contribution in [3.8, 4) is 0 Å². The molecule has 0 amide bonds. The Balaban J connectivity index is 0. The van der Waals surface area contributed by atoms with Crippen LogP contribution in [-0.4, -0.2) is 37.7 Å². The maximum absolute atomic E-state index is 10.6. The predicted molar refractivity (Wildman–Crippen MR) is 37.2 cm³/mol. The standard InChI is InChI=1S/C3H8N2.C2HF3O2/c1-4-3-5-2;3-2(4,5)1(6)7/h3H,1-2H3,(H,4,5);(H,6,7). The summed E-state index contributed by atoms with van der Waals surface area (Å²) in [6.45, 7) is 0. The summed E-state index contributed by atoms with van der Waals surface area (Å²) in [6, 6.07) is 0. The van der Waals surface area contributed by atoms with E-state index in [0.717, 1.165) is 0 Å². The van der Waals surface area contributed by atoms with Crippen LogP contribution in [-0.2, 0) is 4.79 Å². The van der Waals surface area contributed by atoms with Crippen LogP contribution in [0.1, 0.15) is 0 Å². The van der Waals surface area contributed by atoms with Gasteiger partial charge < -0.3 is 10.4 Å². The summed E-state index contributed by atoms with van der Waals surface area (Å²) < 4.78 is 31.7. The maximum Gasteiger partial charge on any atom is 0.490 e. The van der Waals surface area contributed by atoms with E-state index in [-0.39, 0.29) is 0 Å². The van der Waals surface area contributed by atoms with Crippen LogP contribution in [0.15, 0.2) is 4.99 Å². The zero-order valence-corrected chi connectivity index (χ0v) is 6.51. The fourth-order valence-corrected chi connectivity index (χ4v) is 0.129. The highest BCUT2D eigenvalue weighted by Gasteiger charge is 2.38. The normalized spacial score (nSPS) is 10.4. The van der Waals surface area contributed by atoms with Crippen LogP contribution in [0, 0.1) is 0 Å². The van der Waals surface area contributed by atoms with Gasteiger partial charge in [0.15, 0.2) is 0 Å². The molecule has 0 rings (SSSR count). The van der Waals surface area contributed by atoms with E-state index in [2.05, 4.69) is 10.3 Å². The molecule has 2 N–H and O–H groups in total. The molecule has 0 aliphatic heterocycles. The minimum absolute atomic E-state index is 1.62. The highest BCUT2D eigenvalue weighted by Crippen LogP contribution is 2.13. The van der Waals surface area contributed by atoms with E-state index >= 15 is 0 Å². The average molecular weight is 186 g/mol. The summed E-state index contributed by atoms with van der Waals surface area (Å²) in [5.41, 5.74) is 0. The third kappa shape index (κ3) is 11.5. The minimum atomic E-state index is -5.08. The van der Waals surface area contributed by atoms with Crippen molar-refractivity contribution >= 4 is 12.3 Å². The van der Waals surface area contributed by atoms with Crippen LogP contribution in [0.5, 0.6) is 0 Å². The molecule has 0 saturated carbocycles. The van der Waals surface area contributed by atoms with Crippen LogP contribution in [0.3, 0.4) is 0 Å². The van der Waals surface area contributed by atoms with Crippen molar-refractivity contribution in [2.75, 3.05) is 14.1 Å². The van der Waals surface area contributed by atoms with E-state index in [9.17, 15) is 13.2 Å². The van der Waals surface area contributed by atoms with Crippen molar-refractivity contribution in [3.63, 3.8) is 0 Å². The van der Waals surface area contributed by atoms with Gasteiger partial charge in [0.2, 0.25) is 0 Å². The summed E-state index contributed by atoms with van der Waals surface area (Å²) in [7, 11) is 3.53. The van der Waals surface area contributed by atoms with E-state index in [1.54, 1.807) is 13.4 Å². The second-order valence-electron chi connectivity index (χ2n) is 1.48. The average Bonchev–Trinajstić information content (AvgIpc) is 1.88. The molecule has 12 heavy (non-hydrogen) atoms. The summed E-state index contributed by atoms with van der Waals surface area (Å²) in [4.78, 5) is 12.5. The summed E-state index contributed by atoms with van der Waals surface area (Å²) in [5, 5.41) is 9.85. The number of nitrogens with one attached hydrogen (secondary N) is 1. The monoisotopic (exact) mass is 186 g/mol. The lowest BCUT2D eigenvalue weighted by molar-refractivity contribution is -0.192. The lowest BCUT2D eigenvalue weighted by Crippen LogP contribution is -2.21. The molecule has 0 unspecified atom stereocenters. The molecule has 0 aromatic carbocycles. The molecule has 0 aliphatic carbocycles. The molecule has 7 heteroatoms. The fraction of sp³-hybridized carbons (Fsp3) is 0.600. The van der Waals surface area contributed by atoms with Gasteiger partial charge in [-0.2, -0.15) is 13.2 Å². The Hall–Kier alpha value is -1.27. The summed E-state index contributed by atoms with van der Waals surface area (Å²) in [5.74, 6) is -2.76. The molecule has 0 aliphatic rings. The van der Waals surface area contributed by atoms with Crippen LogP contribution in [0.2, 0.25) is 0 Å². The zero-order valence-electron chi connectivity index (χ0n) is 6.51. The first-order chi connectivity index (χ1) is 5.36.